The lowest BCUT2D eigenvalue weighted by atomic mass is 9.71. The first-order chi connectivity index (χ1) is 14.0. The van der Waals surface area contributed by atoms with Gasteiger partial charge >= 0.3 is 6.09 Å². The molecule has 5 nitrogen and oxygen atoms in total. The van der Waals surface area contributed by atoms with Crippen LogP contribution in [0.4, 0.5) is 4.79 Å². The fourth-order valence-electron chi connectivity index (χ4n) is 4.90. The number of hydrogen-bond donors (Lipinski definition) is 1. The Bertz CT molecular complexity index is 921. The molecule has 0 aliphatic carbocycles. The molecule has 2 fully saturated rings. The van der Waals surface area contributed by atoms with E-state index < -0.39 is 5.60 Å². The Morgan fingerprint density at radius 3 is 2.55 bits per heavy atom. The van der Waals surface area contributed by atoms with E-state index in [1.807, 2.05) is 60.4 Å². The van der Waals surface area contributed by atoms with Crippen LogP contribution in [0.1, 0.15) is 54.4 Å². The first kappa shape index (κ1) is 19.5. The van der Waals surface area contributed by atoms with Crippen LogP contribution >= 0.6 is 0 Å². The number of benzene rings is 2. The Labute approximate surface area is 171 Å². The Hall–Kier alpha value is -2.84. The SMILES string of the molecule is Cc1ccc(C2(O)CC3CCCC(C2)N3C(=O)OCc2ccccc2)c(C#N)c1. The topological polar surface area (TPSA) is 73.6 Å². The maximum Gasteiger partial charge on any atom is 0.410 e. The predicted octanol–water partition coefficient (Wildman–Crippen LogP) is 4.41. The fraction of sp³-hybridized carbons (Fsp3) is 0.417. The van der Waals surface area contributed by atoms with Gasteiger partial charge < -0.3 is 14.7 Å². The highest BCUT2D eigenvalue weighted by atomic mass is 16.6. The smallest absolute Gasteiger partial charge is 0.410 e. The molecule has 0 spiro atoms. The normalized spacial score (nSPS) is 25.9. The minimum absolute atomic E-state index is 0.0800. The van der Waals surface area contributed by atoms with Crippen molar-refractivity contribution < 1.29 is 14.6 Å². The summed E-state index contributed by atoms with van der Waals surface area (Å²) in [6.45, 7) is 2.19. The molecule has 0 saturated carbocycles. The van der Waals surface area contributed by atoms with E-state index in [0.29, 0.717) is 24.0 Å². The molecule has 2 aliphatic heterocycles. The highest BCUT2D eigenvalue weighted by Crippen LogP contribution is 2.45. The van der Waals surface area contributed by atoms with Gasteiger partial charge in [-0.05, 0) is 43.4 Å². The number of carbonyl (C=O) groups excluding carboxylic acids is 1. The van der Waals surface area contributed by atoms with Crippen molar-refractivity contribution in [1.29, 1.82) is 5.26 Å². The van der Waals surface area contributed by atoms with Gasteiger partial charge in [-0.25, -0.2) is 4.79 Å². The summed E-state index contributed by atoms with van der Waals surface area (Å²) < 4.78 is 5.59. The average Bonchev–Trinajstić information content (AvgIpc) is 2.72. The van der Waals surface area contributed by atoms with E-state index in [1.165, 1.54) is 0 Å². The first-order valence-electron chi connectivity index (χ1n) is 10.2. The van der Waals surface area contributed by atoms with Crippen molar-refractivity contribution in [1.82, 2.24) is 4.90 Å². The quantitative estimate of drug-likeness (QED) is 0.843. The third-order valence-corrected chi connectivity index (χ3v) is 6.22. The number of aryl methyl sites for hydroxylation is 1. The Balaban J connectivity index is 1.53. The predicted molar refractivity (Wildman–Crippen MR) is 109 cm³/mol. The van der Waals surface area contributed by atoms with Gasteiger partial charge in [-0.3, -0.25) is 0 Å². The summed E-state index contributed by atoms with van der Waals surface area (Å²) in [5.41, 5.74) is 2.06. The molecule has 0 radical (unpaired) electrons. The van der Waals surface area contributed by atoms with Gasteiger partial charge in [-0.15, -0.1) is 0 Å². The van der Waals surface area contributed by atoms with E-state index in [-0.39, 0.29) is 24.8 Å². The Kier molecular flexibility index (Phi) is 5.29. The number of rotatable bonds is 3. The minimum atomic E-state index is -1.09. The number of piperidine rings is 2. The minimum Gasteiger partial charge on any atom is -0.445 e. The molecule has 5 heteroatoms. The standard InChI is InChI=1S/C24H26N2O3/c1-17-10-11-22(19(12-17)15-25)24(28)13-20-8-5-9-21(14-24)26(20)23(27)29-16-18-6-3-2-4-7-18/h2-4,6-7,10-12,20-21,28H,5,8-9,13-14,16H2,1H3. The number of aliphatic hydroxyl groups is 1. The van der Waals surface area contributed by atoms with Crippen molar-refractivity contribution in [2.45, 2.75) is 63.3 Å². The van der Waals surface area contributed by atoms with Gasteiger partial charge in [0.05, 0.1) is 17.2 Å². The molecule has 2 heterocycles. The zero-order valence-electron chi connectivity index (χ0n) is 16.7. The number of fused-ring (bicyclic) bond motifs is 2. The van der Waals surface area contributed by atoms with Gasteiger partial charge in [-0.1, -0.05) is 42.5 Å². The second kappa shape index (κ2) is 7.88. The lowest BCUT2D eigenvalue weighted by Gasteiger charge is -2.51. The van der Waals surface area contributed by atoms with Crippen molar-refractivity contribution in [3.63, 3.8) is 0 Å². The molecule has 150 valence electrons. The van der Waals surface area contributed by atoms with Gasteiger partial charge in [-0.2, -0.15) is 5.26 Å². The summed E-state index contributed by atoms with van der Waals surface area (Å²) in [7, 11) is 0. The molecule has 2 unspecified atom stereocenters. The molecular formula is C24H26N2O3. The van der Waals surface area contributed by atoms with Gasteiger partial charge in [0.25, 0.3) is 0 Å². The number of nitriles is 1. The van der Waals surface area contributed by atoms with E-state index in [9.17, 15) is 15.2 Å². The summed E-state index contributed by atoms with van der Waals surface area (Å²) in [5, 5.41) is 21.1. The van der Waals surface area contributed by atoms with Crippen LogP contribution in [0.3, 0.4) is 0 Å². The van der Waals surface area contributed by atoms with Crippen molar-refractivity contribution in [2.75, 3.05) is 0 Å². The molecule has 2 aromatic carbocycles. The van der Waals surface area contributed by atoms with Crippen molar-refractivity contribution in [3.8, 4) is 6.07 Å². The van der Waals surface area contributed by atoms with Crippen LogP contribution in [-0.4, -0.2) is 28.2 Å². The van der Waals surface area contributed by atoms with Crippen LogP contribution in [0.5, 0.6) is 0 Å². The monoisotopic (exact) mass is 390 g/mol. The molecule has 0 aromatic heterocycles. The van der Waals surface area contributed by atoms with Crippen molar-refractivity contribution >= 4 is 6.09 Å². The highest BCUT2D eigenvalue weighted by molar-refractivity contribution is 5.69. The van der Waals surface area contributed by atoms with E-state index in [2.05, 4.69) is 6.07 Å². The second-order valence-corrected chi connectivity index (χ2v) is 8.29. The molecule has 2 atom stereocenters. The van der Waals surface area contributed by atoms with E-state index in [0.717, 1.165) is 30.4 Å². The first-order valence-corrected chi connectivity index (χ1v) is 10.2. The Morgan fingerprint density at radius 2 is 1.90 bits per heavy atom. The number of carbonyl (C=O) groups is 1. The largest absolute Gasteiger partial charge is 0.445 e. The number of hydrogen-bond acceptors (Lipinski definition) is 4. The van der Waals surface area contributed by atoms with Crippen molar-refractivity contribution in [3.05, 3.63) is 70.8 Å². The molecule has 2 saturated heterocycles. The molecule has 1 N–H and O–H groups in total. The summed E-state index contributed by atoms with van der Waals surface area (Å²) >= 11 is 0. The van der Waals surface area contributed by atoms with Crippen LogP contribution in [0, 0.1) is 18.3 Å². The van der Waals surface area contributed by atoms with Gasteiger partial charge in [0.1, 0.15) is 6.61 Å². The van der Waals surface area contributed by atoms with Crippen LogP contribution in [0.15, 0.2) is 48.5 Å². The molecule has 2 aromatic rings. The second-order valence-electron chi connectivity index (χ2n) is 8.29. The van der Waals surface area contributed by atoms with Gasteiger partial charge in [0, 0.05) is 30.5 Å². The molecule has 29 heavy (non-hydrogen) atoms. The van der Waals surface area contributed by atoms with Gasteiger partial charge in [0.15, 0.2) is 0 Å². The lowest BCUT2D eigenvalue weighted by Crippen LogP contribution is -2.59. The summed E-state index contributed by atoms with van der Waals surface area (Å²) in [6, 6.07) is 17.3. The zero-order chi connectivity index (χ0) is 20.4. The number of nitrogens with zero attached hydrogens (tertiary/aromatic N) is 2. The zero-order valence-corrected chi connectivity index (χ0v) is 16.7. The number of amides is 1. The Morgan fingerprint density at radius 1 is 1.21 bits per heavy atom. The van der Waals surface area contributed by atoms with Crippen LogP contribution in [0.2, 0.25) is 0 Å². The van der Waals surface area contributed by atoms with Gasteiger partial charge in [0.2, 0.25) is 0 Å². The summed E-state index contributed by atoms with van der Waals surface area (Å²) in [4.78, 5) is 14.7. The highest BCUT2D eigenvalue weighted by Gasteiger charge is 2.49. The maximum atomic E-state index is 12.9. The molecular weight excluding hydrogens is 364 g/mol. The van der Waals surface area contributed by atoms with Crippen LogP contribution in [-0.2, 0) is 16.9 Å². The molecule has 2 aliphatic rings. The molecule has 2 bridgehead atoms. The van der Waals surface area contributed by atoms with Crippen LogP contribution in [0.25, 0.3) is 0 Å². The summed E-state index contributed by atoms with van der Waals surface area (Å²) in [5.74, 6) is 0. The van der Waals surface area contributed by atoms with Crippen LogP contribution < -0.4 is 0 Å². The fourth-order valence-corrected chi connectivity index (χ4v) is 4.90. The molecule has 4 rings (SSSR count). The third-order valence-electron chi connectivity index (χ3n) is 6.22. The van der Waals surface area contributed by atoms with E-state index >= 15 is 0 Å². The number of ether oxygens (including phenoxy) is 1. The van der Waals surface area contributed by atoms with E-state index in [1.54, 1.807) is 0 Å². The molecule has 1 amide bonds. The summed E-state index contributed by atoms with van der Waals surface area (Å²) in [6.07, 6.45) is 3.27. The average molecular weight is 390 g/mol. The maximum absolute atomic E-state index is 12.9. The van der Waals surface area contributed by atoms with E-state index in [4.69, 9.17) is 4.74 Å². The third kappa shape index (κ3) is 3.86. The lowest BCUT2D eigenvalue weighted by molar-refractivity contribution is -0.0897. The van der Waals surface area contributed by atoms with Crippen molar-refractivity contribution in [2.24, 2.45) is 0 Å².